The summed E-state index contributed by atoms with van der Waals surface area (Å²) >= 11 is 0. The standard InChI is InChI=1S/C12H22N4/c1-6-12(4,5)16-10-8-9(3)14-11(15-10)13-7-2/h8H,6-7H2,1-5H3,(H2,13,14,15,16). The summed E-state index contributed by atoms with van der Waals surface area (Å²) in [5.74, 6) is 1.58. The smallest absolute Gasteiger partial charge is 0.224 e. The maximum absolute atomic E-state index is 4.42. The fourth-order valence-corrected chi connectivity index (χ4v) is 1.30. The fraction of sp³-hybridized carbons (Fsp3) is 0.667. The van der Waals surface area contributed by atoms with Gasteiger partial charge in [0.05, 0.1) is 0 Å². The van der Waals surface area contributed by atoms with E-state index >= 15 is 0 Å². The van der Waals surface area contributed by atoms with Crippen molar-refractivity contribution in [1.82, 2.24) is 9.97 Å². The molecule has 0 saturated carbocycles. The Morgan fingerprint density at radius 3 is 2.50 bits per heavy atom. The van der Waals surface area contributed by atoms with Crippen LogP contribution in [0, 0.1) is 6.92 Å². The highest BCUT2D eigenvalue weighted by atomic mass is 15.2. The van der Waals surface area contributed by atoms with Crippen LogP contribution < -0.4 is 10.6 Å². The van der Waals surface area contributed by atoms with Crippen LogP contribution in [0.2, 0.25) is 0 Å². The first kappa shape index (κ1) is 12.7. The second-order valence-electron chi connectivity index (χ2n) is 4.61. The molecular formula is C12H22N4. The van der Waals surface area contributed by atoms with E-state index in [1.807, 2.05) is 19.9 Å². The summed E-state index contributed by atoms with van der Waals surface area (Å²) in [4.78, 5) is 8.74. The van der Waals surface area contributed by atoms with E-state index in [4.69, 9.17) is 0 Å². The lowest BCUT2D eigenvalue weighted by Gasteiger charge is -2.25. The Morgan fingerprint density at radius 2 is 1.94 bits per heavy atom. The van der Waals surface area contributed by atoms with E-state index in [0.29, 0.717) is 5.95 Å². The molecule has 0 aliphatic heterocycles. The minimum atomic E-state index is 0.0598. The van der Waals surface area contributed by atoms with E-state index in [1.165, 1.54) is 0 Å². The van der Waals surface area contributed by atoms with Gasteiger partial charge in [0.25, 0.3) is 0 Å². The third kappa shape index (κ3) is 3.68. The molecule has 0 bridgehead atoms. The van der Waals surface area contributed by atoms with Crippen molar-refractivity contribution in [3.05, 3.63) is 11.8 Å². The van der Waals surface area contributed by atoms with Crippen molar-refractivity contribution in [3.8, 4) is 0 Å². The molecule has 1 heterocycles. The fourth-order valence-electron chi connectivity index (χ4n) is 1.30. The Labute approximate surface area is 97.9 Å². The maximum Gasteiger partial charge on any atom is 0.224 e. The van der Waals surface area contributed by atoms with E-state index in [1.54, 1.807) is 0 Å². The maximum atomic E-state index is 4.42. The molecule has 0 aliphatic rings. The first-order valence-electron chi connectivity index (χ1n) is 5.84. The van der Waals surface area contributed by atoms with Crippen molar-refractivity contribution in [2.75, 3.05) is 17.2 Å². The molecule has 0 saturated heterocycles. The van der Waals surface area contributed by atoms with E-state index in [-0.39, 0.29) is 5.54 Å². The van der Waals surface area contributed by atoms with Gasteiger partial charge in [-0.05, 0) is 34.1 Å². The molecule has 0 amide bonds. The number of nitrogens with zero attached hydrogens (tertiary/aromatic N) is 2. The largest absolute Gasteiger partial charge is 0.365 e. The Morgan fingerprint density at radius 1 is 1.25 bits per heavy atom. The highest BCUT2D eigenvalue weighted by Crippen LogP contribution is 2.17. The van der Waals surface area contributed by atoms with Gasteiger partial charge in [0.15, 0.2) is 0 Å². The van der Waals surface area contributed by atoms with E-state index in [2.05, 4.69) is 41.4 Å². The lowest BCUT2D eigenvalue weighted by atomic mass is 10.0. The van der Waals surface area contributed by atoms with Crippen molar-refractivity contribution in [1.29, 1.82) is 0 Å². The number of aryl methyl sites for hydroxylation is 1. The van der Waals surface area contributed by atoms with Crippen LogP contribution in [0.5, 0.6) is 0 Å². The van der Waals surface area contributed by atoms with Crippen LogP contribution in [-0.2, 0) is 0 Å². The zero-order valence-corrected chi connectivity index (χ0v) is 10.9. The summed E-state index contributed by atoms with van der Waals surface area (Å²) in [6.07, 6.45) is 1.05. The second kappa shape index (κ2) is 5.14. The minimum Gasteiger partial charge on any atom is -0.365 e. The van der Waals surface area contributed by atoms with Crippen molar-refractivity contribution in [2.24, 2.45) is 0 Å². The first-order valence-corrected chi connectivity index (χ1v) is 5.84. The van der Waals surface area contributed by atoms with Crippen LogP contribution in [0.15, 0.2) is 6.07 Å². The molecule has 0 spiro atoms. The summed E-state index contributed by atoms with van der Waals surface area (Å²) in [7, 11) is 0. The predicted molar refractivity (Wildman–Crippen MR) is 68.9 cm³/mol. The Kier molecular flexibility index (Phi) is 4.10. The van der Waals surface area contributed by atoms with Crippen LogP contribution in [0.25, 0.3) is 0 Å². The van der Waals surface area contributed by atoms with Gasteiger partial charge >= 0.3 is 0 Å². The molecule has 1 rings (SSSR count). The average Bonchev–Trinajstić information content (AvgIpc) is 2.16. The molecule has 2 N–H and O–H groups in total. The van der Waals surface area contributed by atoms with Gasteiger partial charge in [0, 0.05) is 23.8 Å². The summed E-state index contributed by atoms with van der Waals surface area (Å²) in [6.45, 7) is 11.3. The molecule has 0 radical (unpaired) electrons. The lowest BCUT2D eigenvalue weighted by molar-refractivity contribution is 0.545. The van der Waals surface area contributed by atoms with Gasteiger partial charge in [0.1, 0.15) is 5.82 Å². The number of nitrogens with one attached hydrogen (secondary N) is 2. The van der Waals surface area contributed by atoms with Crippen molar-refractivity contribution in [2.45, 2.75) is 46.6 Å². The summed E-state index contributed by atoms with van der Waals surface area (Å²) in [6, 6.07) is 1.97. The van der Waals surface area contributed by atoms with Crippen molar-refractivity contribution in [3.63, 3.8) is 0 Å². The van der Waals surface area contributed by atoms with Gasteiger partial charge < -0.3 is 10.6 Å². The summed E-state index contributed by atoms with van der Waals surface area (Å²) < 4.78 is 0. The quantitative estimate of drug-likeness (QED) is 0.804. The number of hydrogen-bond donors (Lipinski definition) is 2. The highest BCUT2D eigenvalue weighted by Gasteiger charge is 2.15. The molecule has 4 nitrogen and oxygen atoms in total. The van der Waals surface area contributed by atoms with Crippen LogP contribution >= 0.6 is 0 Å². The molecule has 1 aromatic rings. The normalized spacial score (nSPS) is 11.3. The topological polar surface area (TPSA) is 49.8 Å². The number of rotatable bonds is 5. The van der Waals surface area contributed by atoms with Crippen LogP contribution in [-0.4, -0.2) is 22.1 Å². The molecule has 0 atom stereocenters. The number of anilines is 2. The molecule has 0 aromatic carbocycles. The van der Waals surface area contributed by atoms with Crippen molar-refractivity contribution >= 4 is 11.8 Å². The Balaban J connectivity index is 2.87. The predicted octanol–water partition coefficient (Wildman–Crippen LogP) is 2.82. The Hall–Kier alpha value is -1.32. The minimum absolute atomic E-state index is 0.0598. The molecule has 16 heavy (non-hydrogen) atoms. The molecule has 0 unspecified atom stereocenters. The zero-order chi connectivity index (χ0) is 12.2. The van der Waals surface area contributed by atoms with Gasteiger partial charge in [-0.2, -0.15) is 4.98 Å². The number of hydrogen-bond acceptors (Lipinski definition) is 4. The lowest BCUT2D eigenvalue weighted by Crippen LogP contribution is -2.30. The summed E-state index contributed by atoms with van der Waals surface area (Å²) in [5, 5.41) is 6.55. The van der Waals surface area contributed by atoms with E-state index < -0.39 is 0 Å². The van der Waals surface area contributed by atoms with E-state index in [9.17, 15) is 0 Å². The third-order valence-corrected chi connectivity index (χ3v) is 2.54. The molecule has 1 aromatic heterocycles. The summed E-state index contributed by atoms with van der Waals surface area (Å²) in [5.41, 5.74) is 1.03. The molecular weight excluding hydrogens is 200 g/mol. The molecule has 90 valence electrons. The van der Waals surface area contributed by atoms with Crippen LogP contribution in [0.4, 0.5) is 11.8 Å². The van der Waals surface area contributed by atoms with Gasteiger partial charge in [0.2, 0.25) is 5.95 Å². The third-order valence-electron chi connectivity index (χ3n) is 2.54. The Bertz CT molecular complexity index is 347. The van der Waals surface area contributed by atoms with Gasteiger partial charge in [-0.15, -0.1) is 0 Å². The van der Waals surface area contributed by atoms with Crippen LogP contribution in [0.3, 0.4) is 0 Å². The van der Waals surface area contributed by atoms with Gasteiger partial charge in [-0.25, -0.2) is 4.98 Å². The van der Waals surface area contributed by atoms with Gasteiger partial charge in [-0.1, -0.05) is 6.92 Å². The van der Waals surface area contributed by atoms with Crippen molar-refractivity contribution < 1.29 is 0 Å². The molecule has 0 aliphatic carbocycles. The first-order chi connectivity index (χ1) is 7.46. The SMILES string of the molecule is CCNc1nc(C)cc(NC(C)(C)CC)n1. The zero-order valence-electron chi connectivity index (χ0n) is 10.9. The average molecular weight is 222 g/mol. The molecule has 0 fully saturated rings. The number of aromatic nitrogens is 2. The molecule has 4 heteroatoms. The van der Waals surface area contributed by atoms with Gasteiger partial charge in [-0.3, -0.25) is 0 Å². The highest BCUT2D eigenvalue weighted by molar-refractivity contribution is 5.43. The monoisotopic (exact) mass is 222 g/mol. The second-order valence-corrected chi connectivity index (χ2v) is 4.61. The van der Waals surface area contributed by atoms with Crippen LogP contribution in [0.1, 0.15) is 39.8 Å². The van der Waals surface area contributed by atoms with E-state index in [0.717, 1.165) is 24.5 Å².